The fourth-order valence-electron chi connectivity index (χ4n) is 9.25. The van der Waals surface area contributed by atoms with Gasteiger partial charge in [0.25, 0.3) is 0 Å². The fraction of sp³-hybridized carbons (Fsp3) is 0.949. The molecule has 13 nitrogen and oxygen atoms in total. The van der Waals surface area contributed by atoms with Crippen molar-refractivity contribution in [2.75, 3.05) is 28.4 Å². The van der Waals surface area contributed by atoms with Crippen molar-refractivity contribution in [1.82, 2.24) is 0 Å². The van der Waals surface area contributed by atoms with E-state index in [1.54, 1.807) is 35.4 Å². The monoisotopic (exact) mass is 745 g/mol. The van der Waals surface area contributed by atoms with Gasteiger partial charge in [0.2, 0.25) is 0 Å². The van der Waals surface area contributed by atoms with Gasteiger partial charge in [0.15, 0.2) is 12.6 Å². The molecule has 304 valence electrons. The Hall–Kier alpha value is -1.42. The third-order valence-corrected chi connectivity index (χ3v) is 12.5. The zero-order valence-corrected chi connectivity index (χ0v) is 34.5. The summed E-state index contributed by atoms with van der Waals surface area (Å²) in [5.74, 6) is -3.03. The highest BCUT2D eigenvalue weighted by Crippen LogP contribution is 2.42. The molecule has 0 spiro atoms. The topological polar surface area (TPSA) is 153 Å². The summed E-state index contributed by atoms with van der Waals surface area (Å²) in [4.78, 5) is 14.3. The minimum absolute atomic E-state index is 0.0881. The van der Waals surface area contributed by atoms with Crippen molar-refractivity contribution in [2.24, 2.45) is 40.7 Å². The molecule has 0 bridgehead atoms. The normalized spacial score (nSPS) is 48.2. The van der Waals surface area contributed by atoms with Crippen LogP contribution >= 0.6 is 0 Å². The summed E-state index contributed by atoms with van der Waals surface area (Å²) in [5, 5.41) is 25.7. The van der Waals surface area contributed by atoms with E-state index >= 15 is 0 Å². The molecule has 0 aromatic heterocycles. The van der Waals surface area contributed by atoms with E-state index in [1.165, 1.54) is 0 Å². The molecular weight excluding hydrogens is 674 g/mol. The van der Waals surface area contributed by atoms with Crippen molar-refractivity contribution in [1.29, 1.82) is 0 Å². The van der Waals surface area contributed by atoms with Crippen molar-refractivity contribution >= 4 is 11.7 Å². The Morgan fingerprint density at radius 1 is 0.808 bits per heavy atom. The number of carbonyl (C=O) groups excluding carboxylic acids is 1. The van der Waals surface area contributed by atoms with Crippen molar-refractivity contribution < 1.29 is 57.7 Å². The minimum Gasteiger partial charge on any atom is -0.462 e. The van der Waals surface area contributed by atoms with Crippen LogP contribution in [0.5, 0.6) is 0 Å². The fourth-order valence-corrected chi connectivity index (χ4v) is 9.25. The smallest absolute Gasteiger partial charge is 0.311 e. The van der Waals surface area contributed by atoms with Gasteiger partial charge in [-0.3, -0.25) is 4.79 Å². The molecule has 0 amide bonds. The first-order valence-corrected chi connectivity index (χ1v) is 19.2. The highest BCUT2D eigenvalue weighted by atomic mass is 16.7. The summed E-state index contributed by atoms with van der Waals surface area (Å²) in [6.45, 7) is 21.3. The minimum atomic E-state index is -1.05. The summed E-state index contributed by atoms with van der Waals surface area (Å²) in [5.41, 5.74) is -1.38. The van der Waals surface area contributed by atoms with Crippen molar-refractivity contribution in [3.63, 3.8) is 0 Å². The molecule has 52 heavy (non-hydrogen) atoms. The third kappa shape index (κ3) is 9.68. The molecule has 0 aromatic carbocycles. The molecule has 18 atom stereocenters. The number of rotatable bonds is 9. The molecule has 0 aromatic rings. The average Bonchev–Trinajstić information content (AvgIpc) is 3.09. The van der Waals surface area contributed by atoms with Crippen molar-refractivity contribution in [2.45, 2.75) is 174 Å². The first-order valence-electron chi connectivity index (χ1n) is 19.2. The van der Waals surface area contributed by atoms with Gasteiger partial charge < -0.3 is 52.9 Å². The number of hydrogen-bond donors (Lipinski definition) is 2. The molecule has 2 N–H and O–H groups in total. The molecule has 3 fully saturated rings. The lowest BCUT2D eigenvalue weighted by atomic mass is 9.74. The Kier molecular flexibility index (Phi) is 16.4. The van der Waals surface area contributed by atoms with Gasteiger partial charge in [-0.15, -0.1) is 0 Å². The first kappa shape index (κ1) is 45.0. The van der Waals surface area contributed by atoms with Crippen LogP contribution in [-0.2, 0) is 47.4 Å². The lowest BCUT2D eigenvalue weighted by Crippen LogP contribution is -2.60. The summed E-state index contributed by atoms with van der Waals surface area (Å²) < 4.78 is 57.2. The van der Waals surface area contributed by atoms with Crippen LogP contribution in [0, 0.1) is 35.5 Å². The summed E-state index contributed by atoms with van der Waals surface area (Å²) in [6, 6.07) is 0. The van der Waals surface area contributed by atoms with Crippen molar-refractivity contribution in [3.8, 4) is 0 Å². The second-order valence-electron chi connectivity index (χ2n) is 16.4. The van der Waals surface area contributed by atoms with E-state index in [4.69, 9.17) is 42.6 Å². The van der Waals surface area contributed by atoms with E-state index in [1.807, 2.05) is 62.3 Å². The van der Waals surface area contributed by atoms with Gasteiger partial charge in [0.1, 0.15) is 18.3 Å². The summed E-state index contributed by atoms with van der Waals surface area (Å²) in [7, 11) is 6.55. The van der Waals surface area contributed by atoms with E-state index in [0.29, 0.717) is 25.0 Å². The predicted molar refractivity (Wildman–Crippen MR) is 195 cm³/mol. The van der Waals surface area contributed by atoms with E-state index in [0.717, 1.165) is 6.42 Å². The Labute approximate surface area is 312 Å². The van der Waals surface area contributed by atoms with E-state index in [-0.39, 0.29) is 36.3 Å². The maximum atomic E-state index is 14.3. The molecule has 0 saturated carbocycles. The molecule has 3 heterocycles. The number of nitrogens with zero attached hydrogens (tertiary/aromatic N) is 1. The van der Waals surface area contributed by atoms with Gasteiger partial charge in [-0.1, -0.05) is 46.7 Å². The van der Waals surface area contributed by atoms with E-state index < -0.39 is 77.8 Å². The van der Waals surface area contributed by atoms with Crippen LogP contribution in [0.25, 0.3) is 0 Å². The maximum absolute atomic E-state index is 14.3. The predicted octanol–water partition coefficient (Wildman–Crippen LogP) is 5.60. The van der Waals surface area contributed by atoms with Crippen LogP contribution in [0.4, 0.5) is 0 Å². The second-order valence-corrected chi connectivity index (χ2v) is 16.4. The van der Waals surface area contributed by atoms with Crippen LogP contribution in [0.15, 0.2) is 5.16 Å². The van der Waals surface area contributed by atoms with Crippen LogP contribution in [0.3, 0.4) is 0 Å². The Morgan fingerprint density at radius 2 is 1.42 bits per heavy atom. The average molecular weight is 746 g/mol. The number of oxime groups is 1. The quantitative estimate of drug-likeness (QED) is 0.172. The maximum Gasteiger partial charge on any atom is 0.311 e. The zero-order chi connectivity index (χ0) is 39.3. The van der Waals surface area contributed by atoms with Crippen molar-refractivity contribution in [3.05, 3.63) is 0 Å². The third-order valence-electron chi connectivity index (χ3n) is 12.5. The largest absolute Gasteiger partial charge is 0.462 e. The Balaban J connectivity index is 2.22. The zero-order valence-electron chi connectivity index (χ0n) is 34.5. The number of esters is 1. The molecule has 0 aliphatic carbocycles. The highest BCUT2D eigenvalue weighted by Gasteiger charge is 2.53. The lowest BCUT2D eigenvalue weighted by molar-refractivity contribution is -0.321. The van der Waals surface area contributed by atoms with Crippen LogP contribution in [-0.4, -0.2) is 123 Å². The molecule has 3 aliphatic heterocycles. The van der Waals surface area contributed by atoms with Gasteiger partial charge in [-0.25, -0.2) is 0 Å². The number of methoxy groups -OCH3 is 4. The number of aliphatic hydroxyl groups is 1. The lowest BCUT2D eigenvalue weighted by Gasteiger charge is -2.50. The van der Waals surface area contributed by atoms with Gasteiger partial charge in [0.05, 0.1) is 53.4 Å². The Morgan fingerprint density at radius 3 is 1.96 bits per heavy atom. The number of carbonyl (C=O) groups is 1. The van der Waals surface area contributed by atoms with Gasteiger partial charge in [-0.05, 0) is 59.8 Å². The molecular formula is C39H71NO12. The standard InChI is InChI=1S/C39H71NO12/c1-16-28-23(5)31(41)24(6)30(40-43)21(3)18-38(10,46-14)34(52-37-32(44-12)20(2)17-22(4)48-37)25(7)33(26(8)36(42)50-28)51-29-19-39(11,47-15)35(45-13)27(9)49-29/h20-29,31-35,37,41,43H,16-19H2,1-15H3/b40-30+. The van der Waals surface area contributed by atoms with Gasteiger partial charge >= 0.3 is 5.97 Å². The van der Waals surface area contributed by atoms with Crippen LogP contribution < -0.4 is 0 Å². The van der Waals surface area contributed by atoms with E-state index in [9.17, 15) is 15.1 Å². The molecule has 3 aliphatic rings. The number of aliphatic hydroxyl groups excluding tert-OH is 1. The summed E-state index contributed by atoms with van der Waals surface area (Å²) >= 11 is 0. The molecule has 18 unspecified atom stereocenters. The first-order chi connectivity index (χ1) is 24.4. The van der Waals surface area contributed by atoms with Gasteiger partial charge in [0, 0.05) is 58.5 Å². The number of hydrogen-bond acceptors (Lipinski definition) is 13. The molecule has 3 saturated heterocycles. The van der Waals surface area contributed by atoms with Crippen LogP contribution in [0.1, 0.15) is 102 Å². The van der Waals surface area contributed by atoms with Gasteiger partial charge in [-0.2, -0.15) is 0 Å². The number of cyclic esters (lactones) is 1. The molecule has 13 heteroatoms. The summed E-state index contributed by atoms with van der Waals surface area (Å²) in [6.07, 6.45) is -3.91. The van der Waals surface area contributed by atoms with Crippen LogP contribution in [0.2, 0.25) is 0 Å². The molecule has 0 radical (unpaired) electrons. The van der Waals surface area contributed by atoms with E-state index in [2.05, 4.69) is 12.1 Å². The number of ether oxygens (including phenoxy) is 9. The second kappa shape index (κ2) is 18.9. The molecule has 3 rings (SSSR count). The highest BCUT2D eigenvalue weighted by molar-refractivity contribution is 5.88. The SMILES string of the molecule is CCC1OC(=O)C(C)C(OC2CC(C)(OC)C(OC)C(C)O2)C(C)C(OC2OC(C)CC(C)C2OC)C(C)(OC)CC(C)/C(=N\O)C(C)C(O)C1C. The Bertz CT molecular complexity index is 1160.